The molecule has 7 nitrogen and oxygen atoms in total. The Morgan fingerprint density at radius 3 is 2.85 bits per heavy atom. The third-order valence-corrected chi connectivity index (χ3v) is 6.34. The number of H-pyrrole nitrogens is 1. The summed E-state index contributed by atoms with van der Waals surface area (Å²) in [6, 6.07) is 3.59. The van der Waals surface area contributed by atoms with Gasteiger partial charge in [0.2, 0.25) is 10.0 Å². The van der Waals surface area contributed by atoms with E-state index in [0.717, 1.165) is 20.6 Å². The van der Waals surface area contributed by atoms with E-state index in [1.807, 2.05) is 6.07 Å². The minimum atomic E-state index is -4.76. The van der Waals surface area contributed by atoms with Crippen LogP contribution in [0, 0.1) is 0 Å². The van der Waals surface area contributed by atoms with Gasteiger partial charge in [-0.15, -0.1) is 10.2 Å². The number of hydrogen-bond acceptors (Lipinski definition) is 5. The molecule has 0 aromatic carbocycles. The zero-order chi connectivity index (χ0) is 18.5. The van der Waals surface area contributed by atoms with Crippen molar-refractivity contribution in [2.45, 2.75) is 18.5 Å². The van der Waals surface area contributed by atoms with Gasteiger partial charge in [-0.3, -0.25) is 0 Å². The Bertz CT molecular complexity index is 1080. The van der Waals surface area contributed by atoms with Crippen molar-refractivity contribution < 1.29 is 21.6 Å². The number of hydrogen-bond donors (Lipinski definition) is 1. The van der Waals surface area contributed by atoms with Crippen molar-refractivity contribution in [3.8, 4) is 0 Å². The van der Waals surface area contributed by atoms with Crippen LogP contribution in [0.1, 0.15) is 17.9 Å². The van der Waals surface area contributed by atoms with Crippen LogP contribution in [0.3, 0.4) is 0 Å². The van der Waals surface area contributed by atoms with Crippen molar-refractivity contribution in [3.05, 3.63) is 30.1 Å². The van der Waals surface area contributed by atoms with Crippen molar-refractivity contribution in [1.82, 2.24) is 24.5 Å². The van der Waals surface area contributed by atoms with E-state index in [9.17, 15) is 21.6 Å². The molecule has 0 radical (unpaired) electrons. The highest BCUT2D eigenvalue weighted by molar-refractivity contribution is 7.89. The minimum absolute atomic E-state index is 0.00572. The molecule has 1 fully saturated rings. The Balaban J connectivity index is 1.71. The fourth-order valence-electron chi connectivity index (χ4n) is 3.43. The molecule has 4 rings (SSSR count). The molecule has 0 saturated carbocycles. The maximum absolute atomic E-state index is 12.5. The SMILES string of the molecule is O=S(=O)(CC(F)(F)F)N1CCC(c2ccnc3nnc4[nH]ccc4c23)C1. The van der Waals surface area contributed by atoms with Crippen LogP contribution >= 0.6 is 0 Å². The highest BCUT2D eigenvalue weighted by atomic mass is 32.2. The van der Waals surface area contributed by atoms with Gasteiger partial charge in [-0.1, -0.05) is 0 Å². The first-order valence-corrected chi connectivity index (χ1v) is 9.48. The minimum Gasteiger partial charge on any atom is -0.345 e. The average molecular weight is 385 g/mol. The quantitative estimate of drug-likeness (QED) is 0.746. The molecule has 4 heterocycles. The van der Waals surface area contributed by atoms with E-state index in [4.69, 9.17) is 0 Å². The summed E-state index contributed by atoms with van der Waals surface area (Å²) in [5.74, 6) is -2.07. The van der Waals surface area contributed by atoms with Crippen molar-refractivity contribution in [2.75, 3.05) is 18.8 Å². The summed E-state index contributed by atoms with van der Waals surface area (Å²) >= 11 is 0. The van der Waals surface area contributed by atoms with Crippen molar-refractivity contribution in [2.24, 2.45) is 0 Å². The van der Waals surface area contributed by atoms with Gasteiger partial charge in [0.25, 0.3) is 0 Å². The zero-order valence-electron chi connectivity index (χ0n) is 13.4. The predicted molar refractivity (Wildman–Crippen MR) is 88.0 cm³/mol. The first-order valence-electron chi connectivity index (χ1n) is 7.87. The molecule has 1 unspecified atom stereocenters. The maximum Gasteiger partial charge on any atom is 0.404 e. The van der Waals surface area contributed by atoms with E-state index in [-0.39, 0.29) is 19.0 Å². The monoisotopic (exact) mass is 385 g/mol. The number of alkyl halides is 3. The molecule has 3 aromatic heterocycles. The van der Waals surface area contributed by atoms with Gasteiger partial charge in [-0.05, 0) is 30.0 Å². The number of sulfonamides is 1. The van der Waals surface area contributed by atoms with Crippen LogP contribution < -0.4 is 0 Å². The van der Waals surface area contributed by atoms with Gasteiger partial charge in [-0.25, -0.2) is 17.7 Å². The number of fused-ring (bicyclic) bond motifs is 3. The van der Waals surface area contributed by atoms with Gasteiger partial charge in [0.15, 0.2) is 17.0 Å². The topological polar surface area (TPSA) is 91.8 Å². The van der Waals surface area contributed by atoms with E-state index in [1.54, 1.807) is 18.5 Å². The molecule has 0 aliphatic carbocycles. The zero-order valence-corrected chi connectivity index (χ0v) is 14.2. The summed E-state index contributed by atoms with van der Waals surface area (Å²) in [5.41, 5.74) is 1.82. The highest BCUT2D eigenvalue weighted by Gasteiger charge is 2.41. The average Bonchev–Trinajstić information content (AvgIpc) is 3.21. The summed E-state index contributed by atoms with van der Waals surface area (Å²) < 4.78 is 62.6. The molecule has 1 aliphatic rings. The normalized spacial score (nSPS) is 19.6. The lowest BCUT2D eigenvalue weighted by atomic mass is 9.95. The number of pyridine rings is 1. The molecule has 138 valence electrons. The summed E-state index contributed by atoms with van der Waals surface area (Å²) in [7, 11) is -4.38. The van der Waals surface area contributed by atoms with Crippen molar-refractivity contribution in [1.29, 1.82) is 0 Å². The van der Waals surface area contributed by atoms with Gasteiger partial charge in [0, 0.05) is 36.3 Å². The van der Waals surface area contributed by atoms with E-state index < -0.39 is 22.0 Å². The number of rotatable bonds is 3. The Hall–Kier alpha value is -2.27. The van der Waals surface area contributed by atoms with Crippen LogP contribution in [0.5, 0.6) is 0 Å². The summed E-state index contributed by atoms with van der Waals surface area (Å²) in [6.45, 7) is 0.0630. The highest BCUT2D eigenvalue weighted by Crippen LogP contribution is 2.35. The molecule has 1 saturated heterocycles. The van der Waals surface area contributed by atoms with Crippen LogP contribution in [-0.4, -0.2) is 57.9 Å². The third kappa shape index (κ3) is 3.01. The first-order chi connectivity index (χ1) is 12.2. The van der Waals surface area contributed by atoms with Gasteiger partial charge in [-0.2, -0.15) is 13.2 Å². The smallest absolute Gasteiger partial charge is 0.345 e. The van der Waals surface area contributed by atoms with Crippen LogP contribution in [0.15, 0.2) is 24.5 Å². The molecule has 1 N–H and O–H groups in total. The molecule has 0 amide bonds. The Kier molecular flexibility index (Phi) is 3.88. The standard InChI is InChI=1S/C15H14F3N5O2S/c16-15(17,18)8-26(24,25)23-6-3-9(7-23)10-1-4-20-14-12(10)11-2-5-19-13(11)21-22-14/h1-2,4-5,9H,3,6-8H2,(H,19,21). The molecule has 26 heavy (non-hydrogen) atoms. The first kappa shape index (κ1) is 17.2. The van der Waals surface area contributed by atoms with Gasteiger partial charge in [0.1, 0.15) is 0 Å². The number of aromatic amines is 1. The number of aromatic nitrogens is 4. The van der Waals surface area contributed by atoms with Crippen molar-refractivity contribution >= 4 is 32.1 Å². The van der Waals surface area contributed by atoms with Crippen LogP contribution in [-0.2, 0) is 10.0 Å². The Morgan fingerprint density at radius 2 is 2.08 bits per heavy atom. The lowest BCUT2D eigenvalue weighted by molar-refractivity contribution is -0.106. The van der Waals surface area contributed by atoms with Gasteiger partial charge >= 0.3 is 6.18 Å². The maximum atomic E-state index is 12.5. The molecule has 0 bridgehead atoms. The predicted octanol–water partition coefficient (Wildman–Crippen LogP) is 2.19. The van der Waals surface area contributed by atoms with E-state index >= 15 is 0 Å². The van der Waals surface area contributed by atoms with Gasteiger partial charge in [0.05, 0.1) is 0 Å². The summed E-state index contributed by atoms with van der Waals surface area (Å²) in [6.07, 6.45) is -1.06. The molecular weight excluding hydrogens is 371 g/mol. The lowest BCUT2D eigenvalue weighted by Gasteiger charge is -2.18. The molecular formula is C15H14F3N5O2S. The fourth-order valence-corrected chi connectivity index (χ4v) is 4.82. The molecule has 11 heteroatoms. The van der Waals surface area contributed by atoms with E-state index in [2.05, 4.69) is 20.2 Å². The molecule has 1 aliphatic heterocycles. The van der Waals surface area contributed by atoms with E-state index in [1.165, 1.54) is 0 Å². The van der Waals surface area contributed by atoms with Gasteiger partial charge < -0.3 is 4.98 Å². The number of halogens is 3. The number of nitrogens with zero attached hydrogens (tertiary/aromatic N) is 4. The third-order valence-electron chi connectivity index (χ3n) is 4.53. The van der Waals surface area contributed by atoms with E-state index in [0.29, 0.717) is 17.7 Å². The Morgan fingerprint density at radius 1 is 1.27 bits per heavy atom. The fraction of sp³-hybridized carbons (Fsp3) is 0.400. The molecule has 3 aromatic rings. The van der Waals surface area contributed by atoms with Crippen LogP contribution in [0.2, 0.25) is 0 Å². The number of nitrogens with one attached hydrogen (secondary N) is 1. The van der Waals surface area contributed by atoms with Crippen LogP contribution in [0.25, 0.3) is 22.1 Å². The second-order valence-electron chi connectivity index (χ2n) is 6.25. The second kappa shape index (κ2) is 5.88. The molecule has 1 atom stereocenters. The lowest BCUT2D eigenvalue weighted by Crippen LogP contribution is -2.36. The summed E-state index contributed by atoms with van der Waals surface area (Å²) in [5, 5.41) is 9.64. The summed E-state index contributed by atoms with van der Waals surface area (Å²) in [4.78, 5) is 7.15. The second-order valence-corrected chi connectivity index (χ2v) is 8.22. The largest absolute Gasteiger partial charge is 0.404 e. The van der Waals surface area contributed by atoms with Crippen molar-refractivity contribution in [3.63, 3.8) is 0 Å². The van der Waals surface area contributed by atoms with Crippen LogP contribution in [0.4, 0.5) is 13.2 Å². The molecule has 0 spiro atoms. The Labute approximate surface area is 146 Å².